The van der Waals surface area contributed by atoms with Crippen LogP contribution in [0.15, 0.2) is 35.2 Å². The van der Waals surface area contributed by atoms with Crippen LogP contribution in [0.25, 0.3) is 0 Å². The summed E-state index contributed by atoms with van der Waals surface area (Å²) in [6.45, 7) is 3.07. The summed E-state index contributed by atoms with van der Waals surface area (Å²) >= 11 is 0. The van der Waals surface area contributed by atoms with E-state index < -0.39 is 26.6 Å². The molecule has 0 fully saturated rings. The fraction of sp³-hybridized carbons (Fsp3) is 0.143. The van der Waals surface area contributed by atoms with Crippen LogP contribution in [0.3, 0.4) is 0 Å². The fourth-order valence-corrected chi connectivity index (χ4v) is 2.94. The molecule has 7 heteroatoms. The molecule has 0 aromatic heterocycles. The number of halogens is 2. The third-order valence-electron chi connectivity index (χ3n) is 3.02. The van der Waals surface area contributed by atoms with Gasteiger partial charge in [-0.15, -0.1) is 0 Å². The summed E-state index contributed by atoms with van der Waals surface area (Å²) in [6.07, 6.45) is 0. The van der Waals surface area contributed by atoms with Crippen LogP contribution < -0.4 is 10.5 Å². The molecule has 0 amide bonds. The minimum absolute atomic E-state index is 0.146. The lowest BCUT2D eigenvalue weighted by Crippen LogP contribution is -2.15. The molecule has 0 bridgehead atoms. The van der Waals surface area contributed by atoms with E-state index in [9.17, 15) is 17.2 Å². The first kappa shape index (κ1) is 15.2. The van der Waals surface area contributed by atoms with Gasteiger partial charge in [-0.25, -0.2) is 17.2 Å². The van der Waals surface area contributed by atoms with Crippen molar-refractivity contribution in [3.63, 3.8) is 0 Å². The predicted octanol–water partition coefficient (Wildman–Crippen LogP) is 2.96. The number of hydrogen-bond acceptors (Lipinski definition) is 3. The molecule has 2 aromatic rings. The Kier molecular flexibility index (Phi) is 3.87. The zero-order valence-electron chi connectivity index (χ0n) is 11.4. The molecule has 2 rings (SSSR count). The maximum absolute atomic E-state index is 13.8. The average Bonchev–Trinajstić information content (AvgIpc) is 2.37. The van der Waals surface area contributed by atoms with Gasteiger partial charge in [0.15, 0.2) is 0 Å². The second-order valence-corrected chi connectivity index (χ2v) is 6.36. The first-order chi connectivity index (χ1) is 9.70. The number of hydrogen-bond donors (Lipinski definition) is 2. The van der Waals surface area contributed by atoms with E-state index in [1.165, 1.54) is 19.1 Å². The molecule has 2 aromatic carbocycles. The van der Waals surface area contributed by atoms with Crippen LogP contribution in [0, 0.1) is 25.5 Å². The van der Waals surface area contributed by atoms with E-state index in [0.717, 1.165) is 18.2 Å². The van der Waals surface area contributed by atoms with Gasteiger partial charge in [-0.2, -0.15) is 0 Å². The number of anilines is 2. The van der Waals surface area contributed by atoms with Crippen molar-refractivity contribution in [1.82, 2.24) is 0 Å². The Morgan fingerprint density at radius 2 is 1.67 bits per heavy atom. The molecule has 0 aliphatic heterocycles. The van der Waals surface area contributed by atoms with Crippen molar-refractivity contribution in [2.75, 3.05) is 10.5 Å². The highest BCUT2D eigenvalue weighted by Gasteiger charge is 2.20. The zero-order valence-corrected chi connectivity index (χ0v) is 12.3. The number of nitrogens with two attached hydrogens (primary N) is 1. The number of nitrogens with one attached hydrogen (secondary N) is 1. The quantitative estimate of drug-likeness (QED) is 0.856. The topological polar surface area (TPSA) is 72.2 Å². The molecule has 0 spiro atoms. The Hall–Kier alpha value is -2.15. The first-order valence-electron chi connectivity index (χ1n) is 6.05. The number of nitrogen functional groups attached to an aromatic ring is 1. The van der Waals surface area contributed by atoms with Gasteiger partial charge in [0.05, 0.1) is 0 Å². The highest BCUT2D eigenvalue weighted by atomic mass is 32.2. The molecule has 0 aliphatic carbocycles. The van der Waals surface area contributed by atoms with Gasteiger partial charge in [0.1, 0.15) is 16.5 Å². The van der Waals surface area contributed by atoms with E-state index in [2.05, 4.69) is 4.72 Å². The minimum atomic E-state index is -4.14. The number of benzene rings is 2. The van der Waals surface area contributed by atoms with Gasteiger partial charge in [0, 0.05) is 11.4 Å². The zero-order chi connectivity index (χ0) is 15.8. The summed E-state index contributed by atoms with van der Waals surface area (Å²) in [5, 5.41) is 0. The molecular formula is C14H14F2N2O2S. The van der Waals surface area contributed by atoms with E-state index in [0.29, 0.717) is 5.56 Å². The number of rotatable bonds is 3. The van der Waals surface area contributed by atoms with Crippen molar-refractivity contribution in [3.05, 3.63) is 53.1 Å². The van der Waals surface area contributed by atoms with Crippen molar-refractivity contribution < 1.29 is 17.2 Å². The van der Waals surface area contributed by atoms with E-state index >= 15 is 0 Å². The second-order valence-electron chi connectivity index (χ2n) is 4.71. The maximum atomic E-state index is 13.8. The highest BCUT2D eigenvalue weighted by molar-refractivity contribution is 7.92. The molecule has 112 valence electrons. The van der Waals surface area contributed by atoms with Crippen LogP contribution in [0.1, 0.15) is 11.1 Å². The molecule has 3 N–H and O–H groups in total. The van der Waals surface area contributed by atoms with Gasteiger partial charge in [0.25, 0.3) is 10.0 Å². The molecule has 0 radical (unpaired) electrons. The summed E-state index contributed by atoms with van der Waals surface area (Å²) in [5.41, 5.74) is 6.66. The third kappa shape index (κ3) is 3.13. The van der Waals surface area contributed by atoms with Crippen LogP contribution in [-0.4, -0.2) is 8.42 Å². The number of sulfonamides is 1. The third-order valence-corrected chi connectivity index (χ3v) is 4.42. The van der Waals surface area contributed by atoms with Crippen molar-refractivity contribution in [3.8, 4) is 0 Å². The fourth-order valence-electron chi connectivity index (χ4n) is 1.79. The van der Waals surface area contributed by atoms with Crippen LogP contribution in [0.4, 0.5) is 20.2 Å². The molecule has 0 saturated heterocycles. The van der Waals surface area contributed by atoms with Crippen LogP contribution in [0.5, 0.6) is 0 Å². The Morgan fingerprint density at radius 1 is 1.00 bits per heavy atom. The normalized spacial score (nSPS) is 11.4. The van der Waals surface area contributed by atoms with E-state index in [1.807, 2.05) is 0 Å². The standard InChI is InChI=1S/C14H14F2N2O2S/c1-8-5-10(3-4-11(8)15)18-21(19,20)14-7-13(17)9(2)6-12(14)16/h3-7,18H,17H2,1-2H3. The van der Waals surface area contributed by atoms with Gasteiger partial charge >= 0.3 is 0 Å². The first-order valence-corrected chi connectivity index (χ1v) is 7.53. The summed E-state index contributed by atoms with van der Waals surface area (Å²) < 4.78 is 53.6. The van der Waals surface area contributed by atoms with Gasteiger partial charge in [-0.3, -0.25) is 4.72 Å². The lowest BCUT2D eigenvalue weighted by Gasteiger charge is -2.11. The minimum Gasteiger partial charge on any atom is -0.398 e. The monoisotopic (exact) mass is 312 g/mol. The van der Waals surface area contributed by atoms with Gasteiger partial charge < -0.3 is 5.73 Å². The van der Waals surface area contributed by atoms with Gasteiger partial charge in [-0.05, 0) is 55.3 Å². The molecule has 0 atom stereocenters. The van der Waals surface area contributed by atoms with E-state index in [-0.39, 0.29) is 16.9 Å². The maximum Gasteiger partial charge on any atom is 0.264 e. The Labute approximate surface area is 121 Å². The van der Waals surface area contributed by atoms with Crippen molar-refractivity contribution >= 4 is 21.4 Å². The SMILES string of the molecule is Cc1cc(F)c(S(=O)(=O)Nc2ccc(F)c(C)c2)cc1N. The largest absolute Gasteiger partial charge is 0.398 e. The molecule has 0 unspecified atom stereocenters. The smallest absolute Gasteiger partial charge is 0.264 e. The molecule has 4 nitrogen and oxygen atoms in total. The van der Waals surface area contributed by atoms with Crippen LogP contribution in [-0.2, 0) is 10.0 Å². The summed E-state index contributed by atoms with van der Waals surface area (Å²) in [5.74, 6) is -1.35. The number of aryl methyl sites for hydroxylation is 2. The molecular weight excluding hydrogens is 298 g/mol. The highest BCUT2D eigenvalue weighted by Crippen LogP contribution is 2.24. The van der Waals surface area contributed by atoms with Crippen molar-refractivity contribution in [2.24, 2.45) is 0 Å². The van der Waals surface area contributed by atoms with E-state index in [4.69, 9.17) is 5.73 Å². The molecule has 0 heterocycles. The Bertz CT molecular complexity index is 805. The van der Waals surface area contributed by atoms with E-state index in [1.54, 1.807) is 6.92 Å². The van der Waals surface area contributed by atoms with Gasteiger partial charge in [-0.1, -0.05) is 0 Å². The molecule has 21 heavy (non-hydrogen) atoms. The summed E-state index contributed by atoms with van der Waals surface area (Å²) in [4.78, 5) is -0.549. The Balaban J connectivity index is 2.43. The molecule has 0 saturated carbocycles. The van der Waals surface area contributed by atoms with Gasteiger partial charge in [0.2, 0.25) is 0 Å². The average molecular weight is 312 g/mol. The summed E-state index contributed by atoms with van der Waals surface area (Å²) in [7, 11) is -4.14. The second kappa shape index (κ2) is 5.33. The molecule has 0 aliphatic rings. The van der Waals surface area contributed by atoms with Crippen molar-refractivity contribution in [2.45, 2.75) is 18.7 Å². The van der Waals surface area contributed by atoms with Crippen LogP contribution in [0.2, 0.25) is 0 Å². The van der Waals surface area contributed by atoms with Crippen LogP contribution >= 0.6 is 0 Å². The predicted molar refractivity (Wildman–Crippen MR) is 77.5 cm³/mol. The Morgan fingerprint density at radius 3 is 2.29 bits per heavy atom. The summed E-state index contributed by atoms with van der Waals surface area (Å²) in [6, 6.07) is 5.83. The van der Waals surface area contributed by atoms with Crippen molar-refractivity contribution in [1.29, 1.82) is 0 Å². The lowest BCUT2D eigenvalue weighted by molar-refractivity contribution is 0.570. The lowest BCUT2D eigenvalue weighted by atomic mass is 10.2.